The molecule has 0 saturated heterocycles. The van der Waals surface area contributed by atoms with Gasteiger partial charge in [0, 0.05) is 0 Å². The van der Waals surface area contributed by atoms with Crippen LogP contribution in [0.25, 0.3) is 0 Å². The van der Waals surface area contributed by atoms with Crippen molar-refractivity contribution in [3.63, 3.8) is 0 Å². The normalized spacial score (nSPS) is 10.2. The van der Waals surface area contributed by atoms with Gasteiger partial charge in [-0.1, -0.05) is 12.7 Å². The number of carbonyl (C=O) groups excluding carboxylic acids is 2. The molecule has 0 amide bonds. The molecule has 0 fully saturated rings. The van der Waals surface area contributed by atoms with Gasteiger partial charge >= 0.3 is 5.97 Å². The van der Waals surface area contributed by atoms with E-state index >= 15 is 0 Å². The summed E-state index contributed by atoms with van der Waals surface area (Å²) in [7, 11) is 0. The molecule has 0 N–H and O–H groups in total. The Labute approximate surface area is 71.2 Å². The molecule has 0 heterocycles. The van der Waals surface area contributed by atoms with E-state index < -0.39 is 11.6 Å². The molecule has 0 aromatic carbocycles. The highest BCUT2D eigenvalue weighted by Crippen LogP contribution is 2.09. The van der Waals surface area contributed by atoms with Gasteiger partial charge in [-0.2, -0.15) is 0 Å². The van der Waals surface area contributed by atoms with E-state index in [1.165, 1.54) is 19.9 Å². The Kier molecular flexibility index (Phi) is 4.04. The highest BCUT2D eigenvalue weighted by Gasteiger charge is 2.30. The summed E-state index contributed by atoms with van der Waals surface area (Å²) in [4.78, 5) is 21.0. The van der Waals surface area contributed by atoms with E-state index in [0.29, 0.717) is 0 Å². The van der Waals surface area contributed by atoms with Gasteiger partial charge in [-0.05, 0) is 13.8 Å². The fourth-order valence-corrected chi connectivity index (χ4v) is 0.477. The summed E-state index contributed by atoms with van der Waals surface area (Å²) in [6.45, 7) is 6.61. The van der Waals surface area contributed by atoms with E-state index in [0.717, 1.165) is 0 Å². The van der Waals surface area contributed by atoms with Gasteiger partial charge in [0.15, 0.2) is 0 Å². The van der Waals surface area contributed by atoms with Crippen molar-refractivity contribution in [2.24, 2.45) is 0 Å². The molecule has 68 valence electrons. The van der Waals surface area contributed by atoms with Crippen molar-refractivity contribution in [3.05, 3.63) is 12.7 Å². The standard InChI is InChI=1S/C8H12O4/c1-4-5-11-7(10)8(2,3)12-6-9/h4,6H,1,5H2,2-3H3. The largest absolute Gasteiger partial charge is 0.459 e. The van der Waals surface area contributed by atoms with E-state index in [1.54, 1.807) is 0 Å². The minimum atomic E-state index is -1.22. The fourth-order valence-electron chi connectivity index (χ4n) is 0.477. The monoisotopic (exact) mass is 172 g/mol. The lowest BCUT2D eigenvalue weighted by atomic mass is 10.1. The lowest BCUT2D eigenvalue weighted by molar-refractivity contribution is -0.170. The minimum Gasteiger partial charge on any atom is -0.459 e. The highest BCUT2D eigenvalue weighted by atomic mass is 16.6. The van der Waals surface area contributed by atoms with E-state index in [9.17, 15) is 9.59 Å². The quantitative estimate of drug-likeness (QED) is 0.347. The summed E-state index contributed by atoms with van der Waals surface area (Å²) in [5.41, 5.74) is -1.22. The summed E-state index contributed by atoms with van der Waals surface area (Å²) < 4.78 is 9.17. The van der Waals surface area contributed by atoms with E-state index in [-0.39, 0.29) is 13.1 Å². The molecule has 0 saturated carbocycles. The molecule has 0 aliphatic carbocycles. The first-order valence-corrected chi connectivity index (χ1v) is 3.44. The Morgan fingerprint density at radius 1 is 1.58 bits per heavy atom. The lowest BCUT2D eigenvalue weighted by Gasteiger charge is -2.19. The maximum Gasteiger partial charge on any atom is 0.350 e. The van der Waals surface area contributed by atoms with Crippen molar-refractivity contribution in [3.8, 4) is 0 Å². The third-order valence-corrected chi connectivity index (χ3v) is 1.17. The Morgan fingerprint density at radius 3 is 2.58 bits per heavy atom. The number of rotatable bonds is 5. The average Bonchev–Trinajstić information content (AvgIpc) is 2.00. The van der Waals surface area contributed by atoms with Gasteiger partial charge < -0.3 is 9.47 Å². The molecule has 0 radical (unpaired) electrons. The second-order valence-corrected chi connectivity index (χ2v) is 2.61. The Balaban J connectivity index is 4.04. The molecular weight excluding hydrogens is 160 g/mol. The highest BCUT2D eigenvalue weighted by molar-refractivity contribution is 5.79. The number of carbonyl (C=O) groups is 2. The SMILES string of the molecule is C=CCOC(=O)C(C)(C)OC=O. The van der Waals surface area contributed by atoms with Gasteiger partial charge in [0.2, 0.25) is 5.60 Å². The molecule has 0 aliphatic heterocycles. The van der Waals surface area contributed by atoms with E-state index in [2.05, 4.69) is 16.1 Å². The van der Waals surface area contributed by atoms with Gasteiger partial charge in [0.05, 0.1) is 0 Å². The van der Waals surface area contributed by atoms with E-state index in [1.807, 2.05) is 0 Å². The van der Waals surface area contributed by atoms with Crippen molar-refractivity contribution in [1.29, 1.82) is 0 Å². The number of hydrogen-bond donors (Lipinski definition) is 0. The molecule has 0 atom stereocenters. The topological polar surface area (TPSA) is 52.6 Å². The van der Waals surface area contributed by atoms with Crippen molar-refractivity contribution >= 4 is 12.4 Å². The van der Waals surface area contributed by atoms with Crippen molar-refractivity contribution in [1.82, 2.24) is 0 Å². The molecule has 4 heteroatoms. The van der Waals surface area contributed by atoms with Gasteiger partial charge in [-0.15, -0.1) is 0 Å². The Hall–Kier alpha value is -1.32. The summed E-state index contributed by atoms with van der Waals surface area (Å²) in [6, 6.07) is 0. The average molecular weight is 172 g/mol. The Morgan fingerprint density at radius 2 is 2.17 bits per heavy atom. The van der Waals surface area contributed by atoms with Crippen LogP contribution in [0.5, 0.6) is 0 Å². The zero-order valence-corrected chi connectivity index (χ0v) is 7.20. The first kappa shape index (κ1) is 10.7. The van der Waals surface area contributed by atoms with Crippen LogP contribution in [0.15, 0.2) is 12.7 Å². The Bertz CT molecular complexity index is 183. The third-order valence-electron chi connectivity index (χ3n) is 1.17. The molecule has 12 heavy (non-hydrogen) atoms. The zero-order chi connectivity index (χ0) is 9.61. The maximum absolute atomic E-state index is 11.1. The summed E-state index contributed by atoms with van der Waals surface area (Å²) in [5, 5.41) is 0. The van der Waals surface area contributed by atoms with Crippen LogP contribution in [-0.4, -0.2) is 24.6 Å². The first-order valence-electron chi connectivity index (χ1n) is 3.44. The molecule has 4 nitrogen and oxygen atoms in total. The van der Waals surface area contributed by atoms with Gasteiger partial charge in [-0.3, -0.25) is 4.79 Å². The van der Waals surface area contributed by atoms with Crippen LogP contribution in [-0.2, 0) is 19.1 Å². The van der Waals surface area contributed by atoms with E-state index in [4.69, 9.17) is 0 Å². The second kappa shape index (κ2) is 4.54. The third kappa shape index (κ3) is 3.18. The van der Waals surface area contributed by atoms with Crippen LogP contribution in [0.2, 0.25) is 0 Å². The molecule has 0 bridgehead atoms. The zero-order valence-electron chi connectivity index (χ0n) is 7.20. The van der Waals surface area contributed by atoms with Crippen LogP contribution in [0.3, 0.4) is 0 Å². The van der Waals surface area contributed by atoms with Crippen LogP contribution < -0.4 is 0 Å². The number of hydrogen-bond acceptors (Lipinski definition) is 4. The van der Waals surface area contributed by atoms with Crippen molar-refractivity contribution in [2.75, 3.05) is 6.61 Å². The number of esters is 1. The predicted molar refractivity (Wildman–Crippen MR) is 42.4 cm³/mol. The summed E-state index contributed by atoms with van der Waals surface area (Å²) in [6.07, 6.45) is 1.44. The maximum atomic E-state index is 11.1. The fraction of sp³-hybridized carbons (Fsp3) is 0.500. The lowest BCUT2D eigenvalue weighted by Crippen LogP contribution is -2.36. The van der Waals surface area contributed by atoms with Crippen LogP contribution in [0, 0.1) is 0 Å². The molecule has 0 rings (SSSR count). The first-order chi connectivity index (χ1) is 5.54. The van der Waals surface area contributed by atoms with Crippen molar-refractivity contribution in [2.45, 2.75) is 19.4 Å². The summed E-state index contributed by atoms with van der Waals surface area (Å²) in [5.74, 6) is -0.588. The van der Waals surface area contributed by atoms with Crippen LogP contribution >= 0.6 is 0 Å². The molecule has 0 unspecified atom stereocenters. The number of ether oxygens (including phenoxy) is 2. The van der Waals surface area contributed by atoms with Gasteiger partial charge in [-0.25, -0.2) is 4.79 Å². The predicted octanol–water partition coefficient (Wildman–Crippen LogP) is 0.667. The summed E-state index contributed by atoms with van der Waals surface area (Å²) >= 11 is 0. The smallest absolute Gasteiger partial charge is 0.350 e. The van der Waals surface area contributed by atoms with Crippen LogP contribution in [0.1, 0.15) is 13.8 Å². The molecule has 0 spiro atoms. The van der Waals surface area contributed by atoms with Gasteiger partial charge in [0.25, 0.3) is 6.47 Å². The molecule has 0 aromatic heterocycles. The van der Waals surface area contributed by atoms with Crippen LogP contribution in [0.4, 0.5) is 0 Å². The second-order valence-electron chi connectivity index (χ2n) is 2.61. The van der Waals surface area contributed by atoms with Gasteiger partial charge in [0.1, 0.15) is 6.61 Å². The molecule has 0 aliphatic rings. The minimum absolute atomic E-state index is 0.116. The van der Waals surface area contributed by atoms with Crippen molar-refractivity contribution < 1.29 is 19.1 Å². The molecular formula is C8H12O4. The molecule has 0 aromatic rings.